The van der Waals surface area contributed by atoms with Crippen molar-refractivity contribution in [3.05, 3.63) is 10.6 Å². The van der Waals surface area contributed by atoms with E-state index in [4.69, 9.17) is 4.74 Å². The van der Waals surface area contributed by atoms with E-state index in [1.54, 1.807) is 0 Å². The molecule has 0 aliphatic carbocycles. The van der Waals surface area contributed by atoms with E-state index in [9.17, 15) is 4.79 Å². The van der Waals surface area contributed by atoms with Gasteiger partial charge in [0.25, 0.3) is 0 Å². The number of carbonyl (C=O) groups is 1. The zero-order chi connectivity index (χ0) is 13.3. The van der Waals surface area contributed by atoms with Gasteiger partial charge in [0.1, 0.15) is 4.88 Å². The number of methoxy groups -OCH3 is 1. The van der Waals surface area contributed by atoms with Gasteiger partial charge in [-0.3, -0.25) is 0 Å². The van der Waals surface area contributed by atoms with Crippen molar-refractivity contribution >= 4 is 22.4 Å². The molecule has 0 N–H and O–H groups in total. The molecular formula is C13H20N2O2S. The SMILES string of the molecule is COC(=O)c1sc(N2CCC(C)CC2C)nc1C. The number of anilines is 1. The van der Waals surface area contributed by atoms with Gasteiger partial charge < -0.3 is 9.64 Å². The predicted octanol–water partition coefficient (Wildman–Crippen LogP) is 2.86. The van der Waals surface area contributed by atoms with Crippen LogP contribution in [0.3, 0.4) is 0 Å². The Morgan fingerprint density at radius 1 is 1.50 bits per heavy atom. The van der Waals surface area contributed by atoms with Crippen LogP contribution in [0.15, 0.2) is 0 Å². The summed E-state index contributed by atoms with van der Waals surface area (Å²) in [6, 6.07) is 0.491. The minimum absolute atomic E-state index is 0.283. The first-order chi connectivity index (χ1) is 8.52. The normalized spacial score (nSPS) is 24.1. The highest BCUT2D eigenvalue weighted by Crippen LogP contribution is 2.32. The number of ether oxygens (including phenoxy) is 1. The van der Waals surface area contributed by atoms with Gasteiger partial charge in [-0.05, 0) is 32.6 Å². The van der Waals surface area contributed by atoms with E-state index >= 15 is 0 Å². The fourth-order valence-electron chi connectivity index (χ4n) is 2.48. The van der Waals surface area contributed by atoms with Crippen LogP contribution in [0.2, 0.25) is 0 Å². The summed E-state index contributed by atoms with van der Waals surface area (Å²) in [5, 5.41) is 0.951. The van der Waals surface area contributed by atoms with Gasteiger partial charge in [0, 0.05) is 12.6 Å². The molecule has 1 fully saturated rings. The Morgan fingerprint density at radius 2 is 2.22 bits per heavy atom. The molecule has 0 amide bonds. The smallest absolute Gasteiger partial charge is 0.350 e. The number of hydrogen-bond acceptors (Lipinski definition) is 5. The quantitative estimate of drug-likeness (QED) is 0.774. The van der Waals surface area contributed by atoms with Crippen molar-refractivity contribution in [3.63, 3.8) is 0 Å². The van der Waals surface area contributed by atoms with Crippen LogP contribution in [-0.4, -0.2) is 30.6 Å². The van der Waals surface area contributed by atoms with E-state index in [-0.39, 0.29) is 5.97 Å². The summed E-state index contributed by atoms with van der Waals surface area (Å²) in [4.78, 5) is 19.0. The van der Waals surface area contributed by atoms with Crippen molar-refractivity contribution in [2.45, 2.75) is 39.7 Å². The Morgan fingerprint density at radius 3 is 2.83 bits per heavy atom. The third-order valence-corrected chi connectivity index (χ3v) is 4.71. The average Bonchev–Trinajstić information content (AvgIpc) is 2.70. The summed E-state index contributed by atoms with van der Waals surface area (Å²) < 4.78 is 4.77. The van der Waals surface area contributed by atoms with Crippen LogP contribution in [0.5, 0.6) is 0 Å². The summed E-state index contributed by atoms with van der Waals surface area (Å²) in [7, 11) is 1.41. The Kier molecular flexibility index (Phi) is 3.90. The number of esters is 1. The first-order valence-electron chi connectivity index (χ1n) is 6.35. The molecule has 0 saturated carbocycles. The van der Waals surface area contributed by atoms with Crippen LogP contribution in [-0.2, 0) is 4.74 Å². The van der Waals surface area contributed by atoms with Crippen molar-refractivity contribution in [2.24, 2.45) is 5.92 Å². The maximum atomic E-state index is 11.6. The van der Waals surface area contributed by atoms with Gasteiger partial charge in [-0.15, -0.1) is 0 Å². The maximum Gasteiger partial charge on any atom is 0.350 e. The molecular weight excluding hydrogens is 248 g/mol. The lowest BCUT2D eigenvalue weighted by Gasteiger charge is -2.36. The fourth-order valence-corrected chi connectivity index (χ4v) is 3.59. The van der Waals surface area contributed by atoms with Crippen molar-refractivity contribution in [1.82, 2.24) is 4.98 Å². The Hall–Kier alpha value is -1.10. The second-order valence-electron chi connectivity index (χ2n) is 5.07. The zero-order valence-corrected chi connectivity index (χ0v) is 12.2. The Bertz CT molecular complexity index is 444. The number of aromatic nitrogens is 1. The van der Waals surface area contributed by atoms with Gasteiger partial charge in [-0.25, -0.2) is 9.78 Å². The summed E-state index contributed by atoms with van der Waals surface area (Å²) >= 11 is 1.44. The molecule has 2 atom stereocenters. The lowest BCUT2D eigenvalue weighted by atomic mass is 9.94. The molecule has 100 valence electrons. The van der Waals surface area contributed by atoms with E-state index in [1.165, 1.54) is 31.3 Å². The molecule has 2 rings (SSSR count). The van der Waals surface area contributed by atoms with E-state index < -0.39 is 0 Å². The lowest BCUT2D eigenvalue weighted by molar-refractivity contribution is 0.0605. The Balaban J connectivity index is 2.21. The molecule has 0 spiro atoms. The standard InChI is InChI=1S/C13H20N2O2S/c1-8-5-6-15(9(2)7-8)13-14-10(3)11(18-13)12(16)17-4/h8-9H,5-7H2,1-4H3. The third-order valence-electron chi connectivity index (χ3n) is 3.54. The van der Waals surface area contributed by atoms with Crippen molar-refractivity contribution < 1.29 is 9.53 Å². The molecule has 5 heteroatoms. The monoisotopic (exact) mass is 268 g/mol. The van der Waals surface area contributed by atoms with Crippen LogP contribution in [0.1, 0.15) is 42.1 Å². The summed E-state index contributed by atoms with van der Waals surface area (Å²) in [5.74, 6) is 0.492. The summed E-state index contributed by atoms with van der Waals surface area (Å²) in [6.45, 7) is 7.41. The highest BCUT2D eigenvalue weighted by molar-refractivity contribution is 7.17. The van der Waals surface area contributed by atoms with Crippen LogP contribution < -0.4 is 4.90 Å². The van der Waals surface area contributed by atoms with Gasteiger partial charge in [0.2, 0.25) is 0 Å². The minimum atomic E-state index is -0.283. The molecule has 1 saturated heterocycles. The molecule has 1 aromatic heterocycles. The number of hydrogen-bond donors (Lipinski definition) is 0. The highest BCUT2D eigenvalue weighted by atomic mass is 32.1. The molecule has 2 unspecified atom stereocenters. The number of thiazole rings is 1. The van der Waals surface area contributed by atoms with Gasteiger partial charge in [0.05, 0.1) is 12.8 Å². The maximum absolute atomic E-state index is 11.6. The average molecular weight is 268 g/mol. The van der Waals surface area contributed by atoms with Crippen LogP contribution in [0.4, 0.5) is 5.13 Å². The molecule has 1 aliphatic rings. The van der Waals surface area contributed by atoms with E-state index in [2.05, 4.69) is 23.7 Å². The molecule has 1 aliphatic heterocycles. The second kappa shape index (κ2) is 5.26. The van der Waals surface area contributed by atoms with Gasteiger partial charge in [-0.2, -0.15) is 0 Å². The van der Waals surface area contributed by atoms with Gasteiger partial charge >= 0.3 is 5.97 Å². The fraction of sp³-hybridized carbons (Fsp3) is 0.692. The first-order valence-corrected chi connectivity index (χ1v) is 7.17. The number of nitrogens with zero attached hydrogens (tertiary/aromatic N) is 2. The number of rotatable bonds is 2. The second-order valence-corrected chi connectivity index (χ2v) is 6.05. The van der Waals surface area contributed by atoms with Gasteiger partial charge in [0.15, 0.2) is 5.13 Å². The van der Waals surface area contributed by atoms with E-state index in [1.807, 2.05) is 6.92 Å². The minimum Gasteiger partial charge on any atom is -0.465 e. The third kappa shape index (κ3) is 2.51. The number of carbonyl (C=O) groups excluding carboxylic acids is 1. The van der Waals surface area contributed by atoms with Crippen molar-refractivity contribution in [3.8, 4) is 0 Å². The largest absolute Gasteiger partial charge is 0.465 e. The number of aryl methyl sites for hydroxylation is 1. The van der Waals surface area contributed by atoms with E-state index in [0.717, 1.165) is 23.3 Å². The van der Waals surface area contributed by atoms with Gasteiger partial charge in [-0.1, -0.05) is 18.3 Å². The molecule has 1 aromatic rings. The molecule has 2 heterocycles. The topological polar surface area (TPSA) is 42.4 Å². The first kappa shape index (κ1) is 13.3. The van der Waals surface area contributed by atoms with Crippen molar-refractivity contribution in [1.29, 1.82) is 0 Å². The molecule has 18 heavy (non-hydrogen) atoms. The summed E-state index contributed by atoms with van der Waals surface area (Å²) in [6.07, 6.45) is 2.38. The molecule has 0 aromatic carbocycles. The lowest BCUT2D eigenvalue weighted by Crippen LogP contribution is -2.40. The Labute approximate surface area is 112 Å². The number of piperidine rings is 1. The highest BCUT2D eigenvalue weighted by Gasteiger charge is 2.27. The zero-order valence-electron chi connectivity index (χ0n) is 11.4. The van der Waals surface area contributed by atoms with Crippen LogP contribution in [0, 0.1) is 12.8 Å². The molecule has 0 radical (unpaired) electrons. The predicted molar refractivity (Wildman–Crippen MR) is 73.4 cm³/mol. The van der Waals surface area contributed by atoms with Crippen LogP contribution >= 0.6 is 11.3 Å². The van der Waals surface area contributed by atoms with Crippen LogP contribution in [0.25, 0.3) is 0 Å². The van der Waals surface area contributed by atoms with Crippen molar-refractivity contribution in [2.75, 3.05) is 18.6 Å². The summed E-state index contributed by atoms with van der Waals surface area (Å²) in [5.41, 5.74) is 0.771. The van der Waals surface area contributed by atoms with E-state index in [0.29, 0.717) is 10.9 Å². The molecule has 0 bridgehead atoms. The molecule has 4 nitrogen and oxygen atoms in total.